The van der Waals surface area contributed by atoms with Crippen LogP contribution in [-0.4, -0.2) is 61.0 Å². The highest BCUT2D eigenvalue weighted by Crippen LogP contribution is 2.20. The Bertz CT molecular complexity index is 1300. The lowest BCUT2D eigenvalue weighted by molar-refractivity contribution is -0.172. The first-order chi connectivity index (χ1) is 19.5. The summed E-state index contributed by atoms with van der Waals surface area (Å²) in [4.78, 5) is 63.7. The normalized spacial score (nSPS) is 11.2. The molecule has 2 aromatic rings. The van der Waals surface area contributed by atoms with Crippen molar-refractivity contribution in [1.82, 2.24) is 5.32 Å². The summed E-state index contributed by atoms with van der Waals surface area (Å²) < 4.78 is 20.2. The summed E-state index contributed by atoms with van der Waals surface area (Å²) >= 11 is 0. The quantitative estimate of drug-likeness (QED) is 0.0618. The molecule has 0 aliphatic carbocycles. The minimum atomic E-state index is -2.46. The van der Waals surface area contributed by atoms with Crippen LogP contribution in [0.5, 0.6) is 5.75 Å². The van der Waals surface area contributed by atoms with Crippen LogP contribution in [0.15, 0.2) is 54.1 Å². The van der Waals surface area contributed by atoms with Gasteiger partial charge >= 0.3 is 23.9 Å². The van der Waals surface area contributed by atoms with Crippen molar-refractivity contribution in [3.63, 3.8) is 0 Å². The number of nitrogen functional groups attached to an aromatic ring is 1. The van der Waals surface area contributed by atoms with Gasteiger partial charge in [-0.25, -0.2) is 14.4 Å². The van der Waals surface area contributed by atoms with Crippen LogP contribution in [-0.2, 0) is 33.4 Å². The van der Waals surface area contributed by atoms with E-state index in [1.807, 2.05) is 0 Å². The molecule has 0 heterocycles. The molecule has 0 spiro atoms. The number of rotatable bonds is 13. The van der Waals surface area contributed by atoms with E-state index in [1.54, 1.807) is 31.2 Å². The number of esters is 4. The number of nitrogens with two attached hydrogens (primary N) is 1. The highest BCUT2D eigenvalue weighted by atomic mass is 16.6. The van der Waals surface area contributed by atoms with E-state index in [0.717, 1.165) is 0 Å². The van der Waals surface area contributed by atoms with Gasteiger partial charge in [-0.2, -0.15) is 0 Å². The Morgan fingerprint density at radius 2 is 1.34 bits per heavy atom. The minimum Gasteiger partial charge on any atom is -0.466 e. The smallest absolute Gasteiger partial charge is 0.344 e. The number of hydrogen-bond donors (Lipinski definition) is 3. The molecule has 0 saturated heterocycles. The first kappa shape index (κ1) is 32.2. The maximum absolute atomic E-state index is 13.1. The molecule has 0 aliphatic rings. The van der Waals surface area contributed by atoms with Crippen LogP contribution in [0.2, 0.25) is 0 Å². The number of benzene rings is 2. The van der Waals surface area contributed by atoms with Crippen molar-refractivity contribution in [2.45, 2.75) is 39.7 Å². The fourth-order valence-corrected chi connectivity index (χ4v) is 3.50. The fraction of sp³-hybridized carbons (Fsp3) is 0.310. The van der Waals surface area contributed by atoms with Gasteiger partial charge in [-0.3, -0.25) is 15.0 Å². The average molecular weight is 568 g/mol. The molecule has 0 saturated carbocycles. The Labute approximate surface area is 237 Å². The monoisotopic (exact) mass is 567 g/mol. The zero-order valence-corrected chi connectivity index (χ0v) is 23.3. The summed E-state index contributed by atoms with van der Waals surface area (Å²) in [7, 11) is 0. The topological polar surface area (TPSA) is 184 Å². The lowest BCUT2D eigenvalue weighted by atomic mass is 9.94. The Morgan fingerprint density at radius 3 is 1.83 bits per heavy atom. The SMILES string of the molecule is CCOC(=O)CC(NC(=O)C(C)=Cc1ccc(C(=O)Oc2ccc(C(=N)N)cc2)cc1)(C(=O)OCC)C(=O)OCC. The Kier molecular flexibility index (Phi) is 11.8. The molecule has 0 unspecified atom stereocenters. The predicted molar refractivity (Wildman–Crippen MR) is 148 cm³/mol. The number of nitrogens with one attached hydrogen (secondary N) is 2. The van der Waals surface area contributed by atoms with E-state index in [9.17, 15) is 24.0 Å². The van der Waals surface area contributed by atoms with Crippen LogP contribution in [0.3, 0.4) is 0 Å². The van der Waals surface area contributed by atoms with E-state index >= 15 is 0 Å². The fourth-order valence-electron chi connectivity index (χ4n) is 3.50. The third kappa shape index (κ3) is 8.75. The molecule has 4 N–H and O–H groups in total. The van der Waals surface area contributed by atoms with Gasteiger partial charge in [-0.1, -0.05) is 12.1 Å². The molecule has 2 rings (SSSR count). The lowest BCUT2D eigenvalue weighted by Gasteiger charge is -2.29. The summed E-state index contributed by atoms with van der Waals surface area (Å²) in [5, 5.41) is 9.74. The molecular formula is C29H33N3O9. The van der Waals surface area contributed by atoms with Crippen molar-refractivity contribution in [2.75, 3.05) is 19.8 Å². The molecule has 1 amide bonds. The van der Waals surface area contributed by atoms with E-state index in [2.05, 4.69) is 5.32 Å². The molecule has 218 valence electrons. The van der Waals surface area contributed by atoms with Crippen LogP contribution in [0.4, 0.5) is 0 Å². The van der Waals surface area contributed by atoms with Crippen LogP contribution in [0.1, 0.15) is 55.6 Å². The second-order valence-electron chi connectivity index (χ2n) is 8.56. The van der Waals surface area contributed by atoms with Crippen molar-refractivity contribution in [3.8, 4) is 5.75 Å². The van der Waals surface area contributed by atoms with E-state index in [1.165, 1.54) is 51.1 Å². The number of carbonyl (C=O) groups is 5. The van der Waals surface area contributed by atoms with E-state index in [0.29, 0.717) is 11.1 Å². The summed E-state index contributed by atoms with van der Waals surface area (Å²) in [6, 6.07) is 12.3. The Hall–Kier alpha value is -5.00. The molecule has 0 radical (unpaired) electrons. The van der Waals surface area contributed by atoms with Crippen LogP contribution >= 0.6 is 0 Å². The number of carbonyl (C=O) groups excluding carboxylic acids is 5. The van der Waals surface area contributed by atoms with Crippen molar-refractivity contribution in [1.29, 1.82) is 5.41 Å². The van der Waals surface area contributed by atoms with Crippen molar-refractivity contribution < 1.29 is 42.9 Å². The number of hydrogen-bond acceptors (Lipinski definition) is 10. The number of amidine groups is 1. The summed E-state index contributed by atoms with van der Waals surface area (Å²) in [5.74, 6) is -4.54. The standard InChI is InChI=1S/C29H33N3O9/c1-5-38-23(33)17-29(27(36)39-6-2,28(37)40-7-3)32-25(34)18(4)16-19-8-10-21(11-9-19)26(35)41-22-14-12-20(13-15-22)24(30)31/h8-16H,5-7,17H2,1-4H3,(H3,30,31)(H,32,34). The molecule has 41 heavy (non-hydrogen) atoms. The zero-order chi connectivity index (χ0) is 30.6. The summed E-state index contributed by atoms with van der Waals surface area (Å²) in [6.07, 6.45) is 0.627. The van der Waals surface area contributed by atoms with Gasteiger partial charge in [0.25, 0.3) is 0 Å². The van der Waals surface area contributed by atoms with Crippen molar-refractivity contribution >= 4 is 41.7 Å². The maximum atomic E-state index is 13.1. The van der Waals surface area contributed by atoms with E-state index in [4.69, 9.17) is 30.1 Å². The number of ether oxygens (including phenoxy) is 4. The van der Waals surface area contributed by atoms with Gasteiger partial charge in [0.2, 0.25) is 11.4 Å². The summed E-state index contributed by atoms with van der Waals surface area (Å²) in [5.41, 5.74) is 4.28. The van der Waals surface area contributed by atoms with Gasteiger partial charge in [0, 0.05) is 11.1 Å². The van der Waals surface area contributed by atoms with Gasteiger partial charge in [0.1, 0.15) is 11.6 Å². The lowest BCUT2D eigenvalue weighted by Crippen LogP contribution is -2.62. The highest BCUT2D eigenvalue weighted by molar-refractivity contribution is 6.12. The molecule has 2 aromatic carbocycles. The number of amides is 1. The predicted octanol–water partition coefficient (Wildman–Crippen LogP) is 2.53. The van der Waals surface area contributed by atoms with Gasteiger partial charge in [-0.05, 0) is 75.7 Å². The van der Waals surface area contributed by atoms with Crippen LogP contribution in [0.25, 0.3) is 6.08 Å². The largest absolute Gasteiger partial charge is 0.466 e. The maximum Gasteiger partial charge on any atom is 0.344 e. The molecule has 0 atom stereocenters. The summed E-state index contributed by atoms with van der Waals surface area (Å²) in [6.45, 7) is 5.76. The molecule has 12 nitrogen and oxygen atoms in total. The second-order valence-corrected chi connectivity index (χ2v) is 8.56. The third-order valence-electron chi connectivity index (χ3n) is 5.55. The Balaban J connectivity index is 2.24. The molecule has 0 fully saturated rings. The van der Waals surface area contributed by atoms with E-state index in [-0.39, 0.29) is 42.5 Å². The Morgan fingerprint density at radius 1 is 0.829 bits per heavy atom. The zero-order valence-electron chi connectivity index (χ0n) is 23.3. The van der Waals surface area contributed by atoms with Crippen LogP contribution < -0.4 is 15.8 Å². The van der Waals surface area contributed by atoms with Crippen LogP contribution in [0, 0.1) is 5.41 Å². The highest BCUT2D eigenvalue weighted by Gasteiger charge is 2.52. The molecule has 0 aromatic heterocycles. The second kappa shape index (κ2) is 15.0. The first-order valence-electron chi connectivity index (χ1n) is 12.7. The van der Waals surface area contributed by atoms with Crippen molar-refractivity contribution in [3.05, 3.63) is 70.8 Å². The van der Waals surface area contributed by atoms with Gasteiger partial charge < -0.3 is 30.0 Å². The average Bonchev–Trinajstić information content (AvgIpc) is 2.93. The molecule has 12 heteroatoms. The van der Waals surface area contributed by atoms with Gasteiger partial charge in [-0.15, -0.1) is 0 Å². The van der Waals surface area contributed by atoms with Gasteiger partial charge in [0.05, 0.1) is 31.8 Å². The van der Waals surface area contributed by atoms with Crippen molar-refractivity contribution in [2.24, 2.45) is 5.73 Å². The first-order valence-corrected chi connectivity index (χ1v) is 12.7. The molecular weight excluding hydrogens is 534 g/mol. The third-order valence-corrected chi connectivity index (χ3v) is 5.55. The van der Waals surface area contributed by atoms with E-state index < -0.39 is 41.7 Å². The minimum absolute atomic E-state index is 0.0108. The molecule has 0 bridgehead atoms. The van der Waals surface area contributed by atoms with Gasteiger partial charge in [0.15, 0.2) is 0 Å². The molecule has 0 aliphatic heterocycles.